The molecule has 0 saturated carbocycles. The van der Waals surface area contributed by atoms with Gasteiger partial charge in [-0.3, -0.25) is 0 Å². The number of benzene rings is 1. The van der Waals surface area contributed by atoms with Gasteiger partial charge in [0, 0.05) is 6.26 Å². The van der Waals surface area contributed by atoms with E-state index in [0.717, 1.165) is 11.8 Å². The van der Waals surface area contributed by atoms with Crippen LogP contribution in [0.4, 0.5) is 0 Å². The van der Waals surface area contributed by atoms with Gasteiger partial charge in [0.2, 0.25) is 5.28 Å². The van der Waals surface area contributed by atoms with Crippen molar-refractivity contribution in [1.82, 2.24) is 9.97 Å². The number of hydrogen-bond acceptors (Lipinski definition) is 3. The molecule has 0 aliphatic carbocycles. The lowest BCUT2D eigenvalue weighted by molar-refractivity contribution is 0.602. The third kappa shape index (κ3) is 1.60. The molecule has 74 valence electrons. The molecule has 4 nitrogen and oxygen atoms in total. The highest BCUT2D eigenvalue weighted by Gasteiger charge is 2.09. The molecule has 2 rings (SSSR count). The van der Waals surface area contributed by atoms with Gasteiger partial charge >= 0.3 is 0 Å². The maximum Gasteiger partial charge on any atom is 0.201 e. The molecule has 1 aromatic carbocycles. The van der Waals surface area contributed by atoms with Gasteiger partial charge in [0.1, 0.15) is 0 Å². The average Bonchev–Trinajstić information content (AvgIpc) is 2.41. The van der Waals surface area contributed by atoms with Crippen LogP contribution in [0.15, 0.2) is 23.1 Å². The highest BCUT2D eigenvalue weighted by molar-refractivity contribution is 7.90. The van der Waals surface area contributed by atoms with Crippen molar-refractivity contribution >= 4 is 32.5 Å². The van der Waals surface area contributed by atoms with Crippen molar-refractivity contribution in [3.05, 3.63) is 23.5 Å². The summed E-state index contributed by atoms with van der Waals surface area (Å²) in [5.41, 5.74) is 1.28. The maximum atomic E-state index is 11.2. The fraction of sp³-hybridized carbons (Fsp3) is 0.125. The number of fused-ring (bicyclic) bond motifs is 1. The number of nitrogens with zero attached hydrogens (tertiary/aromatic N) is 1. The molecule has 0 radical (unpaired) electrons. The van der Waals surface area contributed by atoms with E-state index in [4.69, 9.17) is 11.6 Å². The van der Waals surface area contributed by atoms with Gasteiger partial charge in [-0.05, 0) is 29.8 Å². The molecular weight excluding hydrogens is 224 g/mol. The van der Waals surface area contributed by atoms with Gasteiger partial charge in [-0.25, -0.2) is 13.4 Å². The van der Waals surface area contributed by atoms with Crippen LogP contribution in [0.5, 0.6) is 0 Å². The summed E-state index contributed by atoms with van der Waals surface area (Å²) in [6, 6.07) is 4.66. The molecule has 0 spiro atoms. The van der Waals surface area contributed by atoms with E-state index in [0.29, 0.717) is 5.52 Å². The van der Waals surface area contributed by atoms with E-state index in [1.165, 1.54) is 12.1 Å². The Morgan fingerprint density at radius 3 is 2.79 bits per heavy atom. The molecule has 0 unspecified atom stereocenters. The van der Waals surface area contributed by atoms with Crippen molar-refractivity contribution < 1.29 is 8.42 Å². The number of aromatic nitrogens is 2. The Morgan fingerprint density at radius 2 is 2.14 bits per heavy atom. The zero-order valence-electron chi connectivity index (χ0n) is 7.28. The zero-order valence-corrected chi connectivity index (χ0v) is 8.85. The van der Waals surface area contributed by atoms with Gasteiger partial charge < -0.3 is 4.98 Å². The van der Waals surface area contributed by atoms with Crippen LogP contribution in [-0.4, -0.2) is 24.6 Å². The van der Waals surface area contributed by atoms with Crippen molar-refractivity contribution in [1.29, 1.82) is 0 Å². The van der Waals surface area contributed by atoms with Gasteiger partial charge in [-0.1, -0.05) is 0 Å². The van der Waals surface area contributed by atoms with Gasteiger partial charge in [0.25, 0.3) is 0 Å². The first-order valence-corrected chi connectivity index (χ1v) is 6.09. The molecule has 1 heterocycles. The van der Waals surface area contributed by atoms with E-state index in [-0.39, 0.29) is 10.2 Å². The molecule has 6 heteroatoms. The molecule has 0 saturated heterocycles. The molecule has 0 amide bonds. The smallest absolute Gasteiger partial charge is 0.201 e. The van der Waals surface area contributed by atoms with Crippen LogP contribution in [0.2, 0.25) is 5.28 Å². The summed E-state index contributed by atoms with van der Waals surface area (Å²) >= 11 is 5.63. The number of halogens is 1. The third-order valence-corrected chi connectivity index (χ3v) is 3.14. The molecular formula is C8H7ClN2O2S. The number of aromatic amines is 1. The minimum atomic E-state index is -3.18. The Balaban J connectivity index is 2.74. The second-order valence-corrected chi connectivity index (χ2v) is 5.35. The lowest BCUT2D eigenvalue weighted by Crippen LogP contribution is -1.96. The van der Waals surface area contributed by atoms with E-state index in [9.17, 15) is 8.42 Å². The summed E-state index contributed by atoms with van der Waals surface area (Å²) in [6.07, 6.45) is 1.16. The largest absolute Gasteiger partial charge is 0.329 e. The molecule has 1 N–H and O–H groups in total. The number of H-pyrrole nitrogens is 1. The molecule has 1 aromatic heterocycles. The second kappa shape index (κ2) is 2.96. The quantitative estimate of drug-likeness (QED) is 0.810. The molecule has 0 fully saturated rings. The van der Waals surface area contributed by atoms with Gasteiger partial charge in [-0.2, -0.15) is 0 Å². The predicted octanol–water partition coefficient (Wildman–Crippen LogP) is 1.62. The third-order valence-electron chi connectivity index (χ3n) is 1.85. The summed E-state index contributed by atoms with van der Waals surface area (Å²) in [5, 5.41) is 0.255. The van der Waals surface area contributed by atoms with Crippen molar-refractivity contribution in [3.63, 3.8) is 0 Å². The summed E-state index contributed by atoms with van der Waals surface area (Å²) in [6.45, 7) is 0. The number of hydrogen-bond donors (Lipinski definition) is 1. The number of nitrogens with one attached hydrogen (secondary N) is 1. The fourth-order valence-corrected chi connectivity index (χ4v) is 2.02. The lowest BCUT2D eigenvalue weighted by Gasteiger charge is -1.96. The Morgan fingerprint density at radius 1 is 1.43 bits per heavy atom. The topological polar surface area (TPSA) is 62.8 Å². The van der Waals surface area contributed by atoms with E-state index in [2.05, 4.69) is 9.97 Å². The Hall–Kier alpha value is -1.07. The Labute approximate surface area is 85.8 Å². The van der Waals surface area contributed by atoms with E-state index >= 15 is 0 Å². The van der Waals surface area contributed by atoms with Crippen LogP contribution < -0.4 is 0 Å². The molecule has 14 heavy (non-hydrogen) atoms. The highest BCUT2D eigenvalue weighted by atomic mass is 35.5. The first kappa shape index (κ1) is 9.48. The number of rotatable bonds is 1. The second-order valence-electron chi connectivity index (χ2n) is 2.98. The Bertz CT molecular complexity index is 588. The molecule has 0 bridgehead atoms. The van der Waals surface area contributed by atoms with Crippen molar-refractivity contribution in [2.75, 3.05) is 6.26 Å². The summed E-state index contributed by atoms with van der Waals surface area (Å²) in [4.78, 5) is 6.97. The standard InChI is InChI=1S/C8H7ClN2O2S/c1-14(12,13)5-2-3-6-7(4-5)11-8(9)10-6/h2-4H,1H3,(H,10,11). The van der Waals surface area contributed by atoms with E-state index in [1.54, 1.807) is 6.07 Å². The lowest BCUT2D eigenvalue weighted by atomic mass is 10.3. The number of imidazole rings is 1. The van der Waals surface area contributed by atoms with Crippen LogP contribution in [0, 0.1) is 0 Å². The molecule has 0 aliphatic heterocycles. The van der Waals surface area contributed by atoms with Crippen LogP contribution in [-0.2, 0) is 9.84 Å². The molecule has 2 aromatic rings. The van der Waals surface area contributed by atoms with Crippen LogP contribution in [0.3, 0.4) is 0 Å². The Kier molecular flexibility index (Phi) is 2.01. The van der Waals surface area contributed by atoms with Crippen LogP contribution >= 0.6 is 11.6 Å². The van der Waals surface area contributed by atoms with Gasteiger partial charge in [0.15, 0.2) is 9.84 Å². The normalized spacial score (nSPS) is 12.1. The zero-order chi connectivity index (χ0) is 10.3. The van der Waals surface area contributed by atoms with Crippen molar-refractivity contribution in [2.45, 2.75) is 4.90 Å². The van der Waals surface area contributed by atoms with E-state index in [1.807, 2.05) is 0 Å². The van der Waals surface area contributed by atoms with Crippen LogP contribution in [0.1, 0.15) is 0 Å². The minimum absolute atomic E-state index is 0.244. The first-order chi connectivity index (χ1) is 6.47. The summed E-state index contributed by atoms with van der Waals surface area (Å²) < 4.78 is 22.4. The van der Waals surface area contributed by atoms with Crippen LogP contribution in [0.25, 0.3) is 11.0 Å². The number of sulfone groups is 1. The van der Waals surface area contributed by atoms with Gasteiger partial charge in [0.05, 0.1) is 15.9 Å². The summed E-state index contributed by atoms with van der Waals surface area (Å²) in [7, 11) is -3.18. The molecule has 0 atom stereocenters. The van der Waals surface area contributed by atoms with E-state index < -0.39 is 9.84 Å². The first-order valence-electron chi connectivity index (χ1n) is 3.82. The van der Waals surface area contributed by atoms with Crippen molar-refractivity contribution in [2.24, 2.45) is 0 Å². The summed E-state index contributed by atoms with van der Waals surface area (Å²) in [5.74, 6) is 0. The average molecular weight is 231 g/mol. The predicted molar refractivity (Wildman–Crippen MR) is 54.2 cm³/mol. The van der Waals surface area contributed by atoms with Crippen molar-refractivity contribution in [3.8, 4) is 0 Å². The molecule has 0 aliphatic rings. The highest BCUT2D eigenvalue weighted by Crippen LogP contribution is 2.18. The monoisotopic (exact) mass is 230 g/mol. The minimum Gasteiger partial charge on any atom is -0.329 e. The SMILES string of the molecule is CS(=O)(=O)c1ccc2[nH]c(Cl)nc2c1. The maximum absolute atomic E-state index is 11.2. The van der Waals surface area contributed by atoms with Gasteiger partial charge in [-0.15, -0.1) is 0 Å². The fourth-order valence-electron chi connectivity index (χ4n) is 1.19.